The SMILES string of the molecule is CC1(C)OC[C@H]2O[C@@H]3O[C@@H]4CC(I)=CC(C)(C)[C@H]4[C@@H]3[C@@H](OCc3ccccc3)[C@@H]2O1. The molecule has 3 aliphatic heterocycles. The first-order valence-electron chi connectivity index (χ1n) is 10.9. The maximum atomic E-state index is 6.65. The van der Waals surface area contributed by atoms with Crippen LogP contribution in [-0.2, 0) is 30.3 Å². The van der Waals surface area contributed by atoms with Gasteiger partial charge in [0.2, 0.25) is 0 Å². The third-order valence-corrected chi connectivity index (χ3v) is 7.65. The summed E-state index contributed by atoms with van der Waals surface area (Å²) in [7, 11) is 0. The molecule has 5 rings (SSSR count). The monoisotopic (exact) mass is 526 g/mol. The predicted octanol–water partition coefficient (Wildman–Crippen LogP) is 4.83. The molecule has 0 amide bonds. The Labute approximate surface area is 192 Å². The smallest absolute Gasteiger partial charge is 0.164 e. The maximum absolute atomic E-state index is 6.65. The van der Waals surface area contributed by atoms with Crippen LogP contribution in [0.15, 0.2) is 40.0 Å². The molecule has 3 fully saturated rings. The number of allylic oxidation sites excluding steroid dienone is 1. The van der Waals surface area contributed by atoms with Gasteiger partial charge in [-0.2, -0.15) is 0 Å². The Morgan fingerprint density at radius 1 is 1.07 bits per heavy atom. The van der Waals surface area contributed by atoms with Gasteiger partial charge >= 0.3 is 0 Å². The Bertz CT molecular complexity index is 807. The van der Waals surface area contributed by atoms with Gasteiger partial charge in [0, 0.05) is 18.3 Å². The molecule has 0 N–H and O–H groups in total. The third kappa shape index (κ3) is 3.88. The normalized spacial score (nSPS) is 41.4. The zero-order valence-corrected chi connectivity index (χ0v) is 20.2. The Morgan fingerprint density at radius 2 is 1.80 bits per heavy atom. The highest BCUT2D eigenvalue weighted by molar-refractivity contribution is 14.1. The highest BCUT2D eigenvalue weighted by Crippen LogP contribution is 2.55. The van der Waals surface area contributed by atoms with Crippen molar-refractivity contribution in [1.29, 1.82) is 0 Å². The van der Waals surface area contributed by atoms with Crippen LogP contribution in [0.3, 0.4) is 0 Å². The third-order valence-electron chi connectivity index (χ3n) is 6.90. The maximum Gasteiger partial charge on any atom is 0.164 e. The van der Waals surface area contributed by atoms with E-state index in [2.05, 4.69) is 54.6 Å². The van der Waals surface area contributed by atoms with E-state index in [1.165, 1.54) is 3.58 Å². The highest BCUT2D eigenvalue weighted by atomic mass is 127. The van der Waals surface area contributed by atoms with Crippen LogP contribution in [0.2, 0.25) is 0 Å². The van der Waals surface area contributed by atoms with Crippen LogP contribution in [0.25, 0.3) is 0 Å². The minimum atomic E-state index is -0.651. The van der Waals surface area contributed by atoms with Crippen LogP contribution in [0.1, 0.15) is 39.7 Å². The summed E-state index contributed by atoms with van der Waals surface area (Å²) >= 11 is 2.44. The molecule has 0 radical (unpaired) electrons. The van der Waals surface area contributed by atoms with Crippen molar-refractivity contribution in [2.45, 2.75) is 77.2 Å². The first kappa shape index (κ1) is 21.3. The largest absolute Gasteiger partial charge is 0.370 e. The van der Waals surface area contributed by atoms with Gasteiger partial charge in [0.15, 0.2) is 12.1 Å². The van der Waals surface area contributed by atoms with E-state index in [0.29, 0.717) is 19.1 Å². The number of hydrogen-bond donors (Lipinski definition) is 0. The van der Waals surface area contributed by atoms with E-state index >= 15 is 0 Å². The molecule has 4 aliphatic rings. The highest BCUT2D eigenvalue weighted by Gasteiger charge is 2.62. The van der Waals surface area contributed by atoms with Gasteiger partial charge in [0.1, 0.15) is 12.2 Å². The van der Waals surface area contributed by atoms with Crippen molar-refractivity contribution in [3.05, 3.63) is 45.6 Å². The van der Waals surface area contributed by atoms with Crippen LogP contribution in [-0.4, -0.2) is 43.1 Å². The van der Waals surface area contributed by atoms with Gasteiger partial charge in [-0.3, -0.25) is 0 Å². The van der Waals surface area contributed by atoms with Gasteiger partial charge in [0.05, 0.1) is 25.4 Å². The van der Waals surface area contributed by atoms with Gasteiger partial charge in [-0.25, -0.2) is 0 Å². The van der Waals surface area contributed by atoms with E-state index in [4.69, 9.17) is 23.7 Å². The molecule has 1 aliphatic carbocycles. The molecule has 30 heavy (non-hydrogen) atoms. The fourth-order valence-electron chi connectivity index (χ4n) is 5.72. The average molecular weight is 526 g/mol. The summed E-state index contributed by atoms with van der Waals surface area (Å²) in [4.78, 5) is 0. The molecule has 0 bridgehead atoms. The Kier molecular flexibility index (Phi) is 5.56. The fraction of sp³-hybridized carbons (Fsp3) is 0.667. The van der Waals surface area contributed by atoms with Crippen LogP contribution in [0, 0.1) is 17.3 Å². The first-order chi connectivity index (χ1) is 14.2. The van der Waals surface area contributed by atoms with Gasteiger partial charge in [-0.15, -0.1) is 0 Å². The number of ether oxygens (including phenoxy) is 5. The molecule has 1 aromatic carbocycles. The summed E-state index contributed by atoms with van der Waals surface area (Å²) in [5.41, 5.74) is 1.17. The molecular formula is C24H31IO5. The molecule has 6 heteroatoms. The van der Waals surface area contributed by atoms with Crippen molar-refractivity contribution in [3.8, 4) is 0 Å². The van der Waals surface area contributed by atoms with E-state index in [-0.39, 0.29) is 42.0 Å². The van der Waals surface area contributed by atoms with Crippen LogP contribution >= 0.6 is 22.6 Å². The van der Waals surface area contributed by atoms with Crippen molar-refractivity contribution in [1.82, 2.24) is 0 Å². The zero-order valence-electron chi connectivity index (χ0n) is 18.0. The number of fused-ring (bicyclic) bond motifs is 4. The Morgan fingerprint density at radius 3 is 2.57 bits per heavy atom. The van der Waals surface area contributed by atoms with Gasteiger partial charge < -0.3 is 23.7 Å². The quantitative estimate of drug-likeness (QED) is 0.529. The lowest BCUT2D eigenvalue weighted by Gasteiger charge is -2.51. The molecule has 0 spiro atoms. The lowest BCUT2D eigenvalue weighted by atomic mass is 9.64. The second-order valence-corrected chi connectivity index (χ2v) is 11.4. The number of rotatable bonds is 3. The standard InChI is InChI=1S/C24H31IO5/c1-23(2)11-15(25)10-16-19(23)18-21(26-12-14-8-6-5-7-9-14)20-17(29-22(18)28-16)13-27-24(3,4)30-20/h5-9,11,16-22H,10,12-13H2,1-4H3/t16-,17-,18-,19-,20-,21-,22+/m1/s1. The second kappa shape index (κ2) is 7.81. The van der Waals surface area contributed by atoms with Gasteiger partial charge in [0.25, 0.3) is 0 Å². The van der Waals surface area contributed by atoms with E-state index < -0.39 is 5.79 Å². The summed E-state index contributed by atoms with van der Waals surface area (Å²) in [5.74, 6) is -0.219. The van der Waals surface area contributed by atoms with Gasteiger partial charge in [-0.05, 0) is 51.0 Å². The zero-order chi connectivity index (χ0) is 21.1. The van der Waals surface area contributed by atoms with Crippen molar-refractivity contribution in [3.63, 3.8) is 0 Å². The van der Waals surface area contributed by atoms with Crippen molar-refractivity contribution in [2.75, 3.05) is 6.61 Å². The second-order valence-electron chi connectivity index (χ2n) is 9.99. The van der Waals surface area contributed by atoms with E-state index in [1.807, 2.05) is 32.0 Å². The van der Waals surface area contributed by atoms with Crippen molar-refractivity contribution >= 4 is 22.6 Å². The minimum Gasteiger partial charge on any atom is -0.370 e. The molecule has 5 nitrogen and oxygen atoms in total. The molecule has 3 saturated heterocycles. The Balaban J connectivity index is 1.48. The summed E-state index contributed by atoms with van der Waals surface area (Å²) in [5, 5.41) is 0. The molecule has 0 aromatic heterocycles. The topological polar surface area (TPSA) is 46.2 Å². The summed E-state index contributed by atoms with van der Waals surface area (Å²) in [6, 6.07) is 10.3. The van der Waals surface area contributed by atoms with E-state index in [0.717, 1.165) is 12.0 Å². The molecule has 0 unspecified atom stereocenters. The van der Waals surface area contributed by atoms with Crippen LogP contribution < -0.4 is 0 Å². The van der Waals surface area contributed by atoms with Crippen molar-refractivity contribution in [2.24, 2.45) is 17.3 Å². The van der Waals surface area contributed by atoms with Crippen LogP contribution in [0.5, 0.6) is 0 Å². The van der Waals surface area contributed by atoms with Crippen LogP contribution in [0.4, 0.5) is 0 Å². The lowest BCUT2D eigenvalue weighted by Crippen LogP contribution is -2.63. The van der Waals surface area contributed by atoms with Gasteiger partial charge in [-0.1, -0.05) is 50.3 Å². The number of benzene rings is 1. The van der Waals surface area contributed by atoms with Crippen molar-refractivity contribution < 1.29 is 23.7 Å². The summed E-state index contributed by atoms with van der Waals surface area (Å²) < 4.78 is 33.3. The lowest BCUT2D eigenvalue weighted by molar-refractivity contribution is -0.373. The fourth-order valence-corrected chi connectivity index (χ4v) is 6.96. The molecule has 3 heterocycles. The molecular weight excluding hydrogens is 495 g/mol. The Hall–Kier alpha value is -0.510. The summed E-state index contributed by atoms with van der Waals surface area (Å²) in [6.07, 6.45) is 2.71. The average Bonchev–Trinajstić information content (AvgIpc) is 3.03. The molecule has 1 aromatic rings. The first-order valence-corrected chi connectivity index (χ1v) is 12.0. The van der Waals surface area contributed by atoms with E-state index in [1.54, 1.807) is 0 Å². The molecule has 0 saturated carbocycles. The summed E-state index contributed by atoms with van der Waals surface area (Å²) in [6.45, 7) is 9.59. The molecule has 164 valence electrons. The number of halogens is 1. The number of hydrogen-bond acceptors (Lipinski definition) is 5. The predicted molar refractivity (Wildman–Crippen MR) is 121 cm³/mol. The van der Waals surface area contributed by atoms with E-state index in [9.17, 15) is 0 Å². The molecule has 7 atom stereocenters. The minimum absolute atomic E-state index is 0.00406.